The smallest absolute Gasteiger partial charge is 0.370 e. The molecule has 1 aliphatic rings. The summed E-state index contributed by atoms with van der Waals surface area (Å²) in [4.78, 5) is 12.7. The van der Waals surface area contributed by atoms with E-state index in [1.807, 2.05) is 0 Å². The van der Waals surface area contributed by atoms with Crippen molar-refractivity contribution in [3.63, 3.8) is 0 Å². The molecule has 1 fully saturated rings. The summed E-state index contributed by atoms with van der Waals surface area (Å²) in [5.74, 6) is -1.26. The molecule has 0 atom stereocenters. The maximum absolute atomic E-state index is 12.6. The minimum absolute atomic E-state index is 0.0347. The maximum atomic E-state index is 12.6. The molecular weight excluding hydrogens is 279 g/mol. The van der Waals surface area contributed by atoms with Crippen molar-refractivity contribution in [1.82, 2.24) is 0 Å². The highest BCUT2D eigenvalue weighted by Crippen LogP contribution is 2.37. The second-order valence-corrected chi connectivity index (χ2v) is 5.01. The van der Waals surface area contributed by atoms with E-state index in [0.717, 1.165) is 0 Å². The molecule has 0 bridgehead atoms. The average Bonchev–Trinajstić information content (AvgIpc) is 2.37. The standard InChI is InChI=1S/C13H13ClF3NO/c14-11-3-1-2-9(8-19)12(11)18-6-4-10(5-7-18)13(15,16)17/h1-3,8,10H,4-7H2. The van der Waals surface area contributed by atoms with Gasteiger partial charge in [0.1, 0.15) is 0 Å². The van der Waals surface area contributed by atoms with Crippen molar-refractivity contribution >= 4 is 23.6 Å². The molecule has 1 heterocycles. The molecule has 1 aromatic rings. The molecule has 0 aromatic heterocycles. The molecule has 0 amide bonds. The number of carbonyl (C=O) groups is 1. The lowest BCUT2D eigenvalue weighted by molar-refractivity contribution is -0.179. The predicted molar refractivity (Wildman–Crippen MR) is 67.8 cm³/mol. The number of aldehydes is 1. The lowest BCUT2D eigenvalue weighted by atomic mass is 9.95. The molecule has 2 nitrogen and oxygen atoms in total. The molecule has 0 radical (unpaired) electrons. The van der Waals surface area contributed by atoms with E-state index in [-0.39, 0.29) is 25.9 Å². The quantitative estimate of drug-likeness (QED) is 0.770. The van der Waals surface area contributed by atoms with Crippen LogP contribution in [0.3, 0.4) is 0 Å². The first-order valence-electron chi connectivity index (χ1n) is 5.99. The van der Waals surface area contributed by atoms with Gasteiger partial charge in [0.25, 0.3) is 0 Å². The summed E-state index contributed by atoms with van der Waals surface area (Å²) in [5, 5.41) is 0.398. The van der Waals surface area contributed by atoms with Crippen LogP contribution in [0.15, 0.2) is 18.2 Å². The average molecular weight is 292 g/mol. The minimum Gasteiger partial charge on any atom is -0.370 e. The molecule has 0 unspecified atom stereocenters. The summed E-state index contributed by atoms with van der Waals surface area (Å²) in [6.45, 7) is 0.517. The summed E-state index contributed by atoms with van der Waals surface area (Å²) in [5.41, 5.74) is 0.956. The van der Waals surface area contributed by atoms with Crippen molar-refractivity contribution in [1.29, 1.82) is 0 Å². The number of carbonyl (C=O) groups excluding carboxylic acids is 1. The zero-order chi connectivity index (χ0) is 14.0. The van der Waals surface area contributed by atoms with Gasteiger partial charge >= 0.3 is 6.18 Å². The number of piperidine rings is 1. The normalized spacial score (nSPS) is 17.6. The molecule has 104 valence electrons. The molecule has 0 saturated carbocycles. The molecule has 1 aliphatic heterocycles. The number of nitrogens with zero attached hydrogens (tertiary/aromatic N) is 1. The van der Waals surface area contributed by atoms with Crippen LogP contribution in [0.25, 0.3) is 0 Å². The van der Waals surface area contributed by atoms with Crippen molar-refractivity contribution in [2.24, 2.45) is 5.92 Å². The second kappa shape index (κ2) is 5.41. The number of hydrogen-bond donors (Lipinski definition) is 0. The lowest BCUT2D eigenvalue weighted by Gasteiger charge is -2.35. The van der Waals surface area contributed by atoms with E-state index in [0.29, 0.717) is 22.6 Å². The maximum Gasteiger partial charge on any atom is 0.391 e. The number of hydrogen-bond acceptors (Lipinski definition) is 2. The topological polar surface area (TPSA) is 20.3 Å². The molecule has 1 aromatic carbocycles. The number of rotatable bonds is 2. The van der Waals surface area contributed by atoms with Crippen LogP contribution in [0.4, 0.5) is 18.9 Å². The van der Waals surface area contributed by atoms with Gasteiger partial charge in [-0.15, -0.1) is 0 Å². The third-order valence-corrected chi connectivity index (χ3v) is 3.72. The molecule has 6 heteroatoms. The summed E-state index contributed by atoms with van der Waals surface area (Å²) < 4.78 is 37.8. The highest BCUT2D eigenvalue weighted by atomic mass is 35.5. The number of halogens is 4. The van der Waals surface area contributed by atoms with Gasteiger partial charge in [0.15, 0.2) is 6.29 Å². The van der Waals surface area contributed by atoms with Crippen LogP contribution in [0.5, 0.6) is 0 Å². The van der Waals surface area contributed by atoms with Gasteiger partial charge in [0.2, 0.25) is 0 Å². The zero-order valence-corrected chi connectivity index (χ0v) is 10.8. The Hall–Kier alpha value is -1.23. The van der Waals surface area contributed by atoms with Gasteiger partial charge in [-0.1, -0.05) is 17.7 Å². The minimum atomic E-state index is -4.14. The van der Waals surface area contributed by atoms with Gasteiger partial charge in [-0.3, -0.25) is 4.79 Å². The first kappa shape index (κ1) is 14.2. The van der Waals surface area contributed by atoms with Crippen LogP contribution < -0.4 is 4.90 Å². The Balaban J connectivity index is 2.16. The van der Waals surface area contributed by atoms with E-state index in [1.165, 1.54) is 0 Å². The molecule has 1 saturated heterocycles. The first-order chi connectivity index (χ1) is 8.93. The largest absolute Gasteiger partial charge is 0.391 e. The van der Waals surface area contributed by atoms with Crippen molar-refractivity contribution in [2.45, 2.75) is 19.0 Å². The fraction of sp³-hybridized carbons (Fsp3) is 0.462. The van der Waals surface area contributed by atoms with E-state index in [4.69, 9.17) is 11.6 Å². The Morgan fingerprint density at radius 1 is 1.26 bits per heavy atom. The Labute approximate surface area is 114 Å². The fourth-order valence-corrected chi connectivity index (χ4v) is 2.69. The monoisotopic (exact) mass is 291 g/mol. The van der Waals surface area contributed by atoms with E-state index in [1.54, 1.807) is 23.1 Å². The zero-order valence-electron chi connectivity index (χ0n) is 10.1. The van der Waals surface area contributed by atoms with Crippen molar-refractivity contribution in [3.05, 3.63) is 28.8 Å². The van der Waals surface area contributed by atoms with Crippen molar-refractivity contribution < 1.29 is 18.0 Å². The van der Waals surface area contributed by atoms with Crippen LogP contribution in [0.1, 0.15) is 23.2 Å². The van der Waals surface area contributed by atoms with E-state index >= 15 is 0 Å². The van der Waals surface area contributed by atoms with Crippen LogP contribution in [0.2, 0.25) is 5.02 Å². The number of para-hydroxylation sites is 1. The highest BCUT2D eigenvalue weighted by Gasteiger charge is 2.41. The Morgan fingerprint density at radius 3 is 2.42 bits per heavy atom. The highest BCUT2D eigenvalue weighted by molar-refractivity contribution is 6.33. The van der Waals surface area contributed by atoms with E-state index in [9.17, 15) is 18.0 Å². The molecule has 0 N–H and O–H groups in total. The second-order valence-electron chi connectivity index (χ2n) is 4.60. The Morgan fingerprint density at radius 2 is 1.89 bits per heavy atom. The molecule has 19 heavy (non-hydrogen) atoms. The van der Waals surface area contributed by atoms with Crippen LogP contribution in [-0.2, 0) is 0 Å². The predicted octanol–water partition coefficient (Wildman–Crippen LogP) is 3.93. The van der Waals surface area contributed by atoms with Crippen LogP contribution >= 0.6 is 11.6 Å². The number of benzene rings is 1. The van der Waals surface area contributed by atoms with Gasteiger partial charge in [-0.25, -0.2) is 0 Å². The lowest BCUT2D eigenvalue weighted by Crippen LogP contribution is -2.39. The SMILES string of the molecule is O=Cc1cccc(Cl)c1N1CCC(C(F)(F)F)CC1. The Bertz CT molecular complexity index is 467. The van der Waals surface area contributed by atoms with Crippen molar-refractivity contribution in [2.75, 3.05) is 18.0 Å². The van der Waals surface area contributed by atoms with Gasteiger partial charge in [-0.2, -0.15) is 13.2 Å². The van der Waals surface area contributed by atoms with E-state index < -0.39 is 12.1 Å². The molecule has 2 rings (SSSR count). The molecular formula is C13H13ClF3NO. The number of alkyl halides is 3. The Kier molecular flexibility index (Phi) is 4.04. The van der Waals surface area contributed by atoms with Crippen LogP contribution in [-0.4, -0.2) is 25.6 Å². The van der Waals surface area contributed by atoms with Gasteiger partial charge in [0, 0.05) is 18.7 Å². The summed E-state index contributed by atoms with van der Waals surface area (Å²) in [6, 6.07) is 4.90. The summed E-state index contributed by atoms with van der Waals surface area (Å²) >= 11 is 6.05. The third kappa shape index (κ3) is 3.03. The van der Waals surface area contributed by atoms with Crippen molar-refractivity contribution in [3.8, 4) is 0 Å². The summed E-state index contributed by atoms with van der Waals surface area (Å²) in [7, 11) is 0. The van der Waals surface area contributed by atoms with Gasteiger partial charge in [0.05, 0.1) is 16.6 Å². The first-order valence-corrected chi connectivity index (χ1v) is 6.36. The van der Waals surface area contributed by atoms with Crippen LogP contribution in [0, 0.1) is 5.92 Å². The fourth-order valence-electron chi connectivity index (χ4n) is 2.39. The number of anilines is 1. The molecule has 0 spiro atoms. The van der Waals surface area contributed by atoms with Gasteiger partial charge < -0.3 is 4.90 Å². The molecule has 0 aliphatic carbocycles. The third-order valence-electron chi connectivity index (χ3n) is 3.42. The van der Waals surface area contributed by atoms with E-state index in [2.05, 4.69) is 0 Å². The summed E-state index contributed by atoms with van der Waals surface area (Å²) in [6.07, 6.45) is -3.39. The van der Waals surface area contributed by atoms with Gasteiger partial charge in [-0.05, 0) is 25.0 Å².